The van der Waals surface area contributed by atoms with Gasteiger partial charge in [0.25, 0.3) is 11.8 Å². The number of pyridine rings is 1. The molecule has 4 aromatic rings. The van der Waals surface area contributed by atoms with Crippen molar-refractivity contribution >= 4 is 23.0 Å². The number of anilines is 1. The number of aromatic nitrogens is 2. The van der Waals surface area contributed by atoms with Gasteiger partial charge in [0.15, 0.2) is 5.69 Å². The standard InChI is InChI=1S/C22H20N4O3/c1-2-15-8-3-4-10-17(15)24-21(27)19-18-11-5-6-12-26(18)20(25-19)22(28)23-14-16-9-7-13-29-16/h3-13H,2,14H2,1H3,(H,23,28)(H,24,27). The number of nitrogens with zero attached hydrogens (tertiary/aromatic N) is 2. The lowest BCUT2D eigenvalue weighted by Gasteiger charge is -2.08. The van der Waals surface area contributed by atoms with Crippen molar-refractivity contribution in [2.75, 3.05) is 5.32 Å². The number of nitrogens with one attached hydrogen (secondary N) is 2. The molecule has 0 aliphatic carbocycles. The topological polar surface area (TPSA) is 88.6 Å². The molecule has 146 valence electrons. The lowest BCUT2D eigenvalue weighted by molar-refractivity contribution is 0.0937. The summed E-state index contributed by atoms with van der Waals surface area (Å²) in [4.78, 5) is 30.0. The average molecular weight is 388 g/mol. The molecule has 2 N–H and O–H groups in total. The molecule has 0 aliphatic rings. The summed E-state index contributed by atoms with van der Waals surface area (Å²) in [5.74, 6) is 0.0183. The van der Waals surface area contributed by atoms with E-state index in [1.54, 1.807) is 47.2 Å². The molecule has 7 heteroatoms. The molecule has 1 aromatic carbocycles. The number of carbonyl (C=O) groups excluding carboxylic acids is 2. The number of fused-ring (bicyclic) bond motifs is 1. The predicted molar refractivity (Wildman–Crippen MR) is 109 cm³/mol. The maximum atomic E-state index is 12.9. The molecule has 7 nitrogen and oxygen atoms in total. The Bertz CT molecular complexity index is 1160. The van der Waals surface area contributed by atoms with E-state index in [1.807, 2.05) is 31.2 Å². The van der Waals surface area contributed by atoms with E-state index >= 15 is 0 Å². The fourth-order valence-electron chi connectivity index (χ4n) is 3.16. The molecular formula is C22H20N4O3. The molecule has 0 unspecified atom stereocenters. The van der Waals surface area contributed by atoms with Crippen LogP contribution in [0, 0.1) is 0 Å². The molecule has 0 spiro atoms. The van der Waals surface area contributed by atoms with E-state index in [1.165, 1.54) is 0 Å². The number of benzene rings is 1. The van der Waals surface area contributed by atoms with Crippen LogP contribution in [-0.4, -0.2) is 21.2 Å². The summed E-state index contributed by atoms with van der Waals surface area (Å²) in [6, 6.07) is 16.5. The Kier molecular flexibility index (Phi) is 5.11. The Balaban J connectivity index is 1.63. The molecule has 0 radical (unpaired) electrons. The Morgan fingerprint density at radius 3 is 2.66 bits per heavy atom. The molecule has 0 bridgehead atoms. The number of furan rings is 1. The number of aryl methyl sites for hydroxylation is 1. The van der Waals surface area contributed by atoms with Crippen LogP contribution in [0.2, 0.25) is 0 Å². The van der Waals surface area contributed by atoms with Crippen LogP contribution in [0.4, 0.5) is 5.69 Å². The van der Waals surface area contributed by atoms with E-state index in [-0.39, 0.29) is 24.0 Å². The van der Waals surface area contributed by atoms with Crippen LogP contribution in [-0.2, 0) is 13.0 Å². The van der Waals surface area contributed by atoms with E-state index < -0.39 is 5.91 Å². The van der Waals surface area contributed by atoms with E-state index in [0.29, 0.717) is 11.3 Å². The third-order valence-electron chi connectivity index (χ3n) is 4.62. The van der Waals surface area contributed by atoms with Gasteiger partial charge in [0.1, 0.15) is 5.76 Å². The Labute approximate surface area is 167 Å². The smallest absolute Gasteiger partial charge is 0.288 e. The number of hydrogen-bond acceptors (Lipinski definition) is 4. The fraction of sp³-hybridized carbons (Fsp3) is 0.136. The number of imidazole rings is 1. The zero-order chi connectivity index (χ0) is 20.2. The van der Waals surface area contributed by atoms with Gasteiger partial charge in [-0.05, 0) is 42.3 Å². The highest BCUT2D eigenvalue weighted by molar-refractivity contribution is 6.09. The van der Waals surface area contributed by atoms with Gasteiger partial charge in [-0.1, -0.05) is 31.2 Å². The second kappa shape index (κ2) is 8.02. The number of amides is 2. The molecule has 29 heavy (non-hydrogen) atoms. The summed E-state index contributed by atoms with van der Waals surface area (Å²) < 4.78 is 6.84. The van der Waals surface area contributed by atoms with Crippen LogP contribution in [0.15, 0.2) is 71.5 Å². The molecule has 0 atom stereocenters. The zero-order valence-electron chi connectivity index (χ0n) is 15.9. The fourth-order valence-corrected chi connectivity index (χ4v) is 3.16. The summed E-state index contributed by atoms with van der Waals surface area (Å²) in [6.45, 7) is 2.26. The average Bonchev–Trinajstić information content (AvgIpc) is 3.40. The van der Waals surface area contributed by atoms with Gasteiger partial charge >= 0.3 is 0 Å². The first-order valence-electron chi connectivity index (χ1n) is 9.34. The van der Waals surface area contributed by atoms with Crippen LogP contribution in [0.25, 0.3) is 5.52 Å². The first-order valence-corrected chi connectivity index (χ1v) is 9.34. The van der Waals surface area contributed by atoms with Gasteiger partial charge < -0.3 is 15.1 Å². The van der Waals surface area contributed by atoms with Gasteiger partial charge in [-0.2, -0.15) is 0 Å². The quantitative estimate of drug-likeness (QED) is 0.527. The van der Waals surface area contributed by atoms with Gasteiger partial charge in [0, 0.05) is 11.9 Å². The highest BCUT2D eigenvalue weighted by Gasteiger charge is 2.22. The van der Waals surface area contributed by atoms with Crippen molar-refractivity contribution in [3.05, 3.63) is 89.9 Å². The maximum Gasteiger partial charge on any atom is 0.288 e. The van der Waals surface area contributed by atoms with Crippen LogP contribution >= 0.6 is 0 Å². The minimum atomic E-state index is -0.393. The highest BCUT2D eigenvalue weighted by atomic mass is 16.3. The van der Waals surface area contributed by atoms with Crippen molar-refractivity contribution in [3.63, 3.8) is 0 Å². The number of rotatable bonds is 6. The second-order valence-electron chi connectivity index (χ2n) is 6.47. The van der Waals surface area contributed by atoms with Crippen LogP contribution in [0.3, 0.4) is 0 Å². The molecule has 0 fully saturated rings. The van der Waals surface area contributed by atoms with E-state index in [4.69, 9.17) is 4.42 Å². The molecule has 3 aromatic heterocycles. The monoisotopic (exact) mass is 388 g/mol. The normalized spacial score (nSPS) is 10.8. The molecule has 0 aliphatic heterocycles. The predicted octanol–water partition coefficient (Wildman–Crippen LogP) is 3.67. The first-order chi connectivity index (χ1) is 14.2. The molecule has 2 amide bonds. The number of carbonyl (C=O) groups is 2. The van der Waals surface area contributed by atoms with Gasteiger partial charge in [0.2, 0.25) is 5.82 Å². The summed E-state index contributed by atoms with van der Waals surface area (Å²) in [6.07, 6.45) is 4.05. The summed E-state index contributed by atoms with van der Waals surface area (Å²) in [5, 5.41) is 5.68. The Hall–Kier alpha value is -3.87. The summed E-state index contributed by atoms with van der Waals surface area (Å²) in [5.41, 5.74) is 2.52. The second-order valence-corrected chi connectivity index (χ2v) is 6.47. The molecule has 3 heterocycles. The first kappa shape index (κ1) is 18.5. The zero-order valence-corrected chi connectivity index (χ0v) is 15.9. The van der Waals surface area contributed by atoms with Gasteiger partial charge in [-0.3, -0.25) is 14.0 Å². The largest absolute Gasteiger partial charge is 0.467 e. The highest BCUT2D eigenvalue weighted by Crippen LogP contribution is 2.19. The third-order valence-corrected chi connectivity index (χ3v) is 4.62. The van der Waals surface area contributed by atoms with Gasteiger partial charge in [0.05, 0.1) is 18.3 Å². The van der Waals surface area contributed by atoms with Crippen molar-refractivity contribution in [3.8, 4) is 0 Å². The third kappa shape index (κ3) is 3.75. The van der Waals surface area contributed by atoms with Crippen LogP contribution in [0.1, 0.15) is 39.4 Å². The number of para-hydroxylation sites is 1. The molecule has 4 rings (SSSR count). The SMILES string of the molecule is CCc1ccccc1NC(=O)c1nc(C(=O)NCc2ccco2)n2ccccc12. The van der Waals surface area contributed by atoms with Gasteiger partial charge in [-0.25, -0.2) is 4.98 Å². The van der Waals surface area contributed by atoms with Crippen molar-refractivity contribution in [2.24, 2.45) is 0 Å². The van der Waals surface area contributed by atoms with E-state index in [0.717, 1.165) is 17.7 Å². The van der Waals surface area contributed by atoms with Gasteiger partial charge in [-0.15, -0.1) is 0 Å². The van der Waals surface area contributed by atoms with Crippen molar-refractivity contribution in [1.82, 2.24) is 14.7 Å². The minimum absolute atomic E-state index is 0.140. The maximum absolute atomic E-state index is 12.9. The molecule has 0 saturated heterocycles. The number of hydrogen-bond donors (Lipinski definition) is 2. The summed E-state index contributed by atoms with van der Waals surface area (Å²) >= 11 is 0. The van der Waals surface area contributed by atoms with Crippen molar-refractivity contribution < 1.29 is 14.0 Å². The van der Waals surface area contributed by atoms with E-state index in [9.17, 15) is 9.59 Å². The lowest BCUT2D eigenvalue weighted by atomic mass is 10.1. The van der Waals surface area contributed by atoms with Crippen LogP contribution in [0.5, 0.6) is 0 Å². The van der Waals surface area contributed by atoms with Crippen molar-refractivity contribution in [2.45, 2.75) is 19.9 Å². The summed E-state index contributed by atoms with van der Waals surface area (Å²) in [7, 11) is 0. The molecule has 0 saturated carbocycles. The van der Waals surface area contributed by atoms with Crippen molar-refractivity contribution in [1.29, 1.82) is 0 Å². The van der Waals surface area contributed by atoms with Crippen LogP contribution < -0.4 is 10.6 Å². The minimum Gasteiger partial charge on any atom is -0.467 e. The van der Waals surface area contributed by atoms with E-state index in [2.05, 4.69) is 15.6 Å². The Morgan fingerprint density at radius 1 is 1.03 bits per heavy atom. The Morgan fingerprint density at radius 2 is 1.86 bits per heavy atom. The lowest BCUT2D eigenvalue weighted by Crippen LogP contribution is -2.25. The molecular weight excluding hydrogens is 368 g/mol.